The third kappa shape index (κ3) is 4.35. The van der Waals surface area contributed by atoms with Gasteiger partial charge in [0.2, 0.25) is 0 Å². The van der Waals surface area contributed by atoms with Crippen LogP contribution in [0.4, 0.5) is 0 Å². The van der Waals surface area contributed by atoms with Crippen molar-refractivity contribution in [3.05, 3.63) is 65.7 Å². The van der Waals surface area contributed by atoms with Crippen LogP contribution in [0.1, 0.15) is 11.1 Å². The predicted octanol–water partition coefficient (Wildman–Crippen LogP) is 0.187. The van der Waals surface area contributed by atoms with Crippen molar-refractivity contribution in [3.8, 4) is 0 Å². The van der Waals surface area contributed by atoms with Gasteiger partial charge >= 0.3 is 51.4 Å². The Bertz CT molecular complexity index is 395. The van der Waals surface area contributed by atoms with E-state index in [1.54, 1.807) is 0 Å². The maximum Gasteiger partial charge on any atom is 1.00 e. The van der Waals surface area contributed by atoms with Crippen LogP contribution in [0.5, 0.6) is 0 Å². The van der Waals surface area contributed by atoms with Gasteiger partial charge in [0.25, 0.3) is 0 Å². The Kier molecular flexibility index (Phi) is 6.05. The minimum atomic E-state index is 0. The Balaban J connectivity index is 0.00000112. The number of benzene rings is 2. The van der Waals surface area contributed by atoms with Crippen LogP contribution < -0.4 is 51.4 Å². The van der Waals surface area contributed by atoms with Gasteiger partial charge in [0.05, 0.1) is 0 Å². The van der Waals surface area contributed by atoms with Gasteiger partial charge in [-0.15, -0.1) is 0 Å². The fourth-order valence-corrected chi connectivity index (χ4v) is 1.57. The molecule has 0 amide bonds. The number of rotatable bonds is 2. The molecule has 2 rings (SSSR count). The van der Waals surface area contributed by atoms with E-state index >= 15 is 0 Å². The van der Waals surface area contributed by atoms with Crippen LogP contribution in [0.3, 0.4) is 0 Å². The molecule has 2 aromatic carbocycles. The molecule has 0 aliphatic heterocycles. The zero-order chi connectivity index (χ0) is 9.80. The molecule has 0 saturated heterocycles. The van der Waals surface area contributed by atoms with Crippen molar-refractivity contribution < 1.29 is 51.4 Å². The van der Waals surface area contributed by atoms with Gasteiger partial charge in [-0.3, -0.25) is 0 Å². The molecule has 0 N–H and O–H groups in total. The van der Waals surface area contributed by atoms with E-state index in [-0.39, 0.29) is 51.4 Å². The zero-order valence-corrected chi connectivity index (χ0v) is 12.8. The van der Waals surface area contributed by atoms with Crippen molar-refractivity contribution in [2.75, 3.05) is 0 Å². The Morgan fingerprint density at radius 1 is 0.733 bits per heavy atom. The van der Waals surface area contributed by atoms with Gasteiger partial charge in [0, 0.05) is 0 Å². The van der Waals surface area contributed by atoms with Crippen molar-refractivity contribution in [2.24, 2.45) is 0 Å². The van der Waals surface area contributed by atoms with Crippen LogP contribution in [0.2, 0.25) is 0 Å². The summed E-state index contributed by atoms with van der Waals surface area (Å²) in [5.41, 5.74) is 2.65. The summed E-state index contributed by atoms with van der Waals surface area (Å²) in [6.45, 7) is 0. The average Bonchev–Trinajstić information content (AvgIpc) is 2.23. The van der Waals surface area contributed by atoms with Gasteiger partial charge in [-0.25, -0.2) is 0 Å². The van der Waals surface area contributed by atoms with E-state index in [1.807, 2.05) is 18.2 Å². The molecule has 0 aromatic heterocycles. The summed E-state index contributed by atoms with van der Waals surface area (Å²) in [4.78, 5) is 0.904. The summed E-state index contributed by atoms with van der Waals surface area (Å²) in [5, 5.41) is 0. The van der Waals surface area contributed by atoms with E-state index in [1.165, 1.54) is 11.1 Å². The van der Waals surface area contributed by atoms with E-state index in [0.29, 0.717) is 0 Å². The molecule has 0 aliphatic rings. The van der Waals surface area contributed by atoms with Gasteiger partial charge < -0.3 is 12.6 Å². The van der Waals surface area contributed by atoms with Gasteiger partial charge in [0.1, 0.15) is 0 Å². The van der Waals surface area contributed by atoms with Gasteiger partial charge in [0.15, 0.2) is 0 Å². The summed E-state index contributed by atoms with van der Waals surface area (Å²) in [5.74, 6) is 0. The van der Waals surface area contributed by atoms with Crippen LogP contribution in [-0.2, 0) is 19.0 Å². The monoisotopic (exact) mass is 238 g/mol. The molecule has 0 radical (unpaired) electrons. The first-order valence-electron chi connectivity index (χ1n) is 4.64. The standard InChI is InChI=1S/C13H12S.K/c14-13-8-6-12(7-9-13)10-11-4-2-1-3-5-11;/h1-9,14H,10H2;/q;+1/p-1. The zero-order valence-electron chi connectivity index (χ0n) is 8.81. The quantitative estimate of drug-likeness (QED) is 0.532. The number of hydrogen-bond acceptors (Lipinski definition) is 1. The minimum Gasteiger partial charge on any atom is -0.780 e. The summed E-state index contributed by atoms with van der Waals surface area (Å²) in [7, 11) is 0. The molecule has 0 unspecified atom stereocenters. The molecule has 0 atom stereocenters. The third-order valence-corrected chi connectivity index (χ3v) is 2.45. The Morgan fingerprint density at radius 2 is 1.27 bits per heavy atom. The van der Waals surface area contributed by atoms with Crippen LogP contribution in [-0.4, -0.2) is 0 Å². The maximum atomic E-state index is 5.04. The Labute approximate surface area is 139 Å². The molecule has 2 aromatic rings. The van der Waals surface area contributed by atoms with Gasteiger partial charge in [-0.2, -0.15) is 4.90 Å². The first kappa shape index (κ1) is 13.4. The second kappa shape index (κ2) is 6.79. The van der Waals surface area contributed by atoms with Gasteiger partial charge in [-0.1, -0.05) is 54.6 Å². The maximum absolute atomic E-state index is 5.04. The van der Waals surface area contributed by atoms with Crippen LogP contribution in [0.25, 0.3) is 0 Å². The first-order chi connectivity index (χ1) is 6.84. The van der Waals surface area contributed by atoms with Gasteiger partial charge in [-0.05, 0) is 17.5 Å². The molecule has 0 aliphatic carbocycles. The van der Waals surface area contributed by atoms with Crippen LogP contribution in [0.15, 0.2) is 59.5 Å². The molecule has 0 spiro atoms. The smallest absolute Gasteiger partial charge is 0.780 e. The summed E-state index contributed by atoms with van der Waals surface area (Å²) < 4.78 is 0. The SMILES string of the molecule is [K+].[S-]c1ccc(Cc2ccccc2)cc1. The summed E-state index contributed by atoms with van der Waals surface area (Å²) >= 11 is 5.04. The largest absolute Gasteiger partial charge is 1.00 e. The van der Waals surface area contributed by atoms with Crippen LogP contribution in [0, 0.1) is 0 Å². The Hall–Kier alpha value is 0.296. The molecule has 70 valence electrons. The second-order valence-corrected chi connectivity index (χ2v) is 3.78. The molecule has 0 saturated carbocycles. The normalized spacial score (nSPS) is 9.33. The molecular weight excluding hydrogens is 227 g/mol. The van der Waals surface area contributed by atoms with E-state index in [9.17, 15) is 0 Å². The topological polar surface area (TPSA) is 0 Å². The first-order valence-corrected chi connectivity index (χ1v) is 5.05. The third-order valence-electron chi connectivity index (χ3n) is 2.17. The van der Waals surface area contributed by atoms with E-state index in [2.05, 4.69) is 36.4 Å². The summed E-state index contributed by atoms with van der Waals surface area (Å²) in [6, 6.07) is 18.6. The van der Waals surface area contributed by atoms with Crippen molar-refractivity contribution in [1.82, 2.24) is 0 Å². The second-order valence-electron chi connectivity index (χ2n) is 3.31. The number of hydrogen-bond donors (Lipinski definition) is 0. The van der Waals surface area contributed by atoms with Crippen LogP contribution >= 0.6 is 0 Å². The van der Waals surface area contributed by atoms with Crippen molar-refractivity contribution >= 4 is 12.6 Å². The minimum absolute atomic E-state index is 0. The van der Waals surface area contributed by atoms with Crippen molar-refractivity contribution in [3.63, 3.8) is 0 Å². The predicted molar refractivity (Wildman–Crippen MR) is 61.3 cm³/mol. The van der Waals surface area contributed by atoms with E-state index in [0.717, 1.165) is 11.3 Å². The molecule has 0 fully saturated rings. The molecule has 2 heteroatoms. The molecule has 0 nitrogen and oxygen atoms in total. The molecule has 15 heavy (non-hydrogen) atoms. The Morgan fingerprint density at radius 3 is 1.87 bits per heavy atom. The molecule has 0 bridgehead atoms. The van der Waals surface area contributed by atoms with E-state index < -0.39 is 0 Å². The molecular formula is C13H11KS. The average molecular weight is 238 g/mol. The van der Waals surface area contributed by atoms with Crippen molar-refractivity contribution in [1.29, 1.82) is 0 Å². The summed E-state index contributed by atoms with van der Waals surface area (Å²) in [6.07, 6.45) is 0.983. The van der Waals surface area contributed by atoms with Crippen molar-refractivity contribution in [2.45, 2.75) is 11.3 Å². The fourth-order valence-electron chi connectivity index (χ4n) is 1.44. The molecule has 0 heterocycles. The fraction of sp³-hybridized carbons (Fsp3) is 0.0769. The van der Waals surface area contributed by atoms with E-state index in [4.69, 9.17) is 12.6 Å².